The second-order valence-electron chi connectivity index (χ2n) is 5.03. The van der Waals surface area contributed by atoms with Crippen molar-refractivity contribution >= 4 is 22.9 Å². The van der Waals surface area contributed by atoms with Gasteiger partial charge in [-0.25, -0.2) is 9.18 Å². The number of hydrogen-bond acceptors (Lipinski definition) is 1. The van der Waals surface area contributed by atoms with Crippen molar-refractivity contribution in [1.29, 1.82) is 0 Å². The molecule has 0 atom stereocenters. The number of benzene rings is 2. The molecule has 0 amide bonds. The Morgan fingerprint density at radius 3 is 2.77 bits per heavy atom. The van der Waals surface area contributed by atoms with Gasteiger partial charge in [0.1, 0.15) is 5.82 Å². The molecule has 3 nitrogen and oxygen atoms in total. The van der Waals surface area contributed by atoms with Crippen LogP contribution in [0.15, 0.2) is 60.8 Å². The van der Waals surface area contributed by atoms with Gasteiger partial charge >= 0.3 is 5.97 Å². The first-order valence-electron chi connectivity index (χ1n) is 6.87. The summed E-state index contributed by atoms with van der Waals surface area (Å²) in [5.41, 5.74) is 2.67. The van der Waals surface area contributed by atoms with E-state index in [9.17, 15) is 9.18 Å². The minimum absolute atomic E-state index is 0.264. The average molecular weight is 295 g/mol. The third kappa shape index (κ3) is 2.91. The van der Waals surface area contributed by atoms with Gasteiger partial charge in [-0.15, -0.1) is 0 Å². The molecule has 1 N–H and O–H groups in total. The lowest BCUT2D eigenvalue weighted by Gasteiger charge is -2.05. The number of aliphatic carboxylic acids is 1. The molecule has 3 aromatic rings. The maximum absolute atomic E-state index is 13.3. The topological polar surface area (TPSA) is 42.2 Å². The van der Waals surface area contributed by atoms with E-state index in [1.54, 1.807) is 12.1 Å². The molecule has 1 heterocycles. The molecular weight excluding hydrogens is 281 g/mol. The second-order valence-corrected chi connectivity index (χ2v) is 5.03. The molecule has 2 aromatic carbocycles. The van der Waals surface area contributed by atoms with Crippen molar-refractivity contribution in [2.45, 2.75) is 6.54 Å². The average Bonchev–Trinajstić information content (AvgIpc) is 2.84. The highest BCUT2D eigenvalue weighted by Crippen LogP contribution is 2.23. The Morgan fingerprint density at radius 1 is 1.18 bits per heavy atom. The van der Waals surface area contributed by atoms with Crippen LogP contribution >= 0.6 is 0 Å². The molecule has 0 saturated heterocycles. The molecule has 1 aromatic heterocycles. The standard InChI is InChI=1S/C18H14FNO2/c19-15-5-3-4-13(10-15)11-20-12-14(8-9-18(21)22)16-6-1-2-7-17(16)20/h1-10,12H,11H2,(H,21,22)/b9-8+. The predicted molar refractivity (Wildman–Crippen MR) is 84.1 cm³/mol. The van der Waals surface area contributed by atoms with E-state index < -0.39 is 5.97 Å². The summed E-state index contributed by atoms with van der Waals surface area (Å²) in [7, 11) is 0. The maximum Gasteiger partial charge on any atom is 0.328 e. The summed E-state index contributed by atoms with van der Waals surface area (Å²) in [5.74, 6) is -1.25. The number of rotatable bonds is 4. The number of hydrogen-bond donors (Lipinski definition) is 1. The highest BCUT2D eigenvalue weighted by molar-refractivity contribution is 5.93. The smallest absolute Gasteiger partial charge is 0.328 e. The van der Waals surface area contributed by atoms with E-state index in [0.717, 1.165) is 28.1 Å². The fourth-order valence-corrected chi connectivity index (χ4v) is 2.53. The fourth-order valence-electron chi connectivity index (χ4n) is 2.53. The van der Waals surface area contributed by atoms with Crippen LogP contribution in [0.1, 0.15) is 11.1 Å². The van der Waals surface area contributed by atoms with Crippen LogP contribution < -0.4 is 0 Å². The van der Waals surface area contributed by atoms with Crippen molar-refractivity contribution in [1.82, 2.24) is 4.57 Å². The lowest BCUT2D eigenvalue weighted by Crippen LogP contribution is -1.98. The molecule has 0 aliphatic heterocycles. The van der Waals surface area contributed by atoms with E-state index in [-0.39, 0.29) is 5.82 Å². The zero-order chi connectivity index (χ0) is 15.5. The number of carboxylic acids is 1. The number of aromatic nitrogens is 1. The quantitative estimate of drug-likeness (QED) is 0.741. The number of para-hydroxylation sites is 1. The molecule has 3 rings (SSSR count). The van der Waals surface area contributed by atoms with E-state index >= 15 is 0 Å². The lowest BCUT2D eigenvalue weighted by molar-refractivity contribution is -0.131. The SMILES string of the molecule is O=C(O)/C=C/c1cn(Cc2cccc(F)c2)c2ccccc12. The molecule has 0 spiro atoms. The normalized spacial score (nSPS) is 11.3. The van der Waals surface area contributed by atoms with Gasteiger partial charge in [0.25, 0.3) is 0 Å². The third-order valence-corrected chi connectivity index (χ3v) is 3.47. The molecule has 110 valence electrons. The zero-order valence-electron chi connectivity index (χ0n) is 11.7. The summed E-state index contributed by atoms with van der Waals surface area (Å²) >= 11 is 0. The highest BCUT2D eigenvalue weighted by atomic mass is 19.1. The molecule has 0 saturated carbocycles. The van der Waals surface area contributed by atoms with Crippen LogP contribution in [-0.2, 0) is 11.3 Å². The Balaban J connectivity index is 2.04. The third-order valence-electron chi connectivity index (χ3n) is 3.47. The van der Waals surface area contributed by atoms with Gasteiger partial charge in [0.2, 0.25) is 0 Å². The molecule has 4 heteroatoms. The van der Waals surface area contributed by atoms with Gasteiger partial charge in [0.05, 0.1) is 0 Å². The zero-order valence-corrected chi connectivity index (χ0v) is 11.7. The maximum atomic E-state index is 13.3. The second kappa shape index (κ2) is 5.85. The van der Waals surface area contributed by atoms with Gasteiger partial charge < -0.3 is 9.67 Å². The monoisotopic (exact) mass is 295 g/mol. The van der Waals surface area contributed by atoms with Gasteiger partial charge in [0.15, 0.2) is 0 Å². The van der Waals surface area contributed by atoms with Crippen LogP contribution in [0.5, 0.6) is 0 Å². The van der Waals surface area contributed by atoms with Gasteiger partial charge in [-0.05, 0) is 29.8 Å². The van der Waals surface area contributed by atoms with Crippen LogP contribution in [-0.4, -0.2) is 15.6 Å². The molecule has 0 aliphatic carbocycles. The largest absolute Gasteiger partial charge is 0.478 e. The Morgan fingerprint density at radius 2 is 2.00 bits per heavy atom. The van der Waals surface area contributed by atoms with Crippen LogP contribution in [0.2, 0.25) is 0 Å². The predicted octanol–water partition coefficient (Wildman–Crippen LogP) is 3.93. The minimum atomic E-state index is -0.984. The first-order chi connectivity index (χ1) is 10.6. The van der Waals surface area contributed by atoms with Gasteiger partial charge in [-0.1, -0.05) is 30.3 Å². The summed E-state index contributed by atoms with van der Waals surface area (Å²) in [6.45, 7) is 0.527. The first kappa shape index (κ1) is 14.1. The number of carbonyl (C=O) groups is 1. The van der Waals surface area contributed by atoms with E-state index in [4.69, 9.17) is 5.11 Å². The number of carboxylic acid groups (broad SMARTS) is 1. The molecule has 0 radical (unpaired) electrons. The molecule has 0 aliphatic rings. The van der Waals surface area contributed by atoms with Gasteiger partial charge in [-0.3, -0.25) is 0 Å². The molecular formula is C18H14FNO2. The van der Waals surface area contributed by atoms with E-state index in [1.807, 2.05) is 41.1 Å². The molecule has 0 unspecified atom stereocenters. The van der Waals surface area contributed by atoms with E-state index in [2.05, 4.69) is 0 Å². The summed E-state index contributed by atoms with van der Waals surface area (Å²) in [4.78, 5) is 10.7. The number of halogens is 1. The Labute approximate surface area is 126 Å². The van der Waals surface area contributed by atoms with Gasteiger partial charge in [0, 0.05) is 35.3 Å². The van der Waals surface area contributed by atoms with Crippen molar-refractivity contribution in [2.75, 3.05) is 0 Å². The van der Waals surface area contributed by atoms with Crippen LogP contribution in [0.25, 0.3) is 17.0 Å². The number of nitrogens with zero attached hydrogens (tertiary/aromatic N) is 1. The molecule has 22 heavy (non-hydrogen) atoms. The number of fused-ring (bicyclic) bond motifs is 1. The van der Waals surface area contributed by atoms with E-state index in [1.165, 1.54) is 12.1 Å². The van der Waals surface area contributed by atoms with Crippen molar-refractivity contribution in [3.63, 3.8) is 0 Å². The van der Waals surface area contributed by atoms with Crippen LogP contribution in [0.3, 0.4) is 0 Å². The summed E-state index contributed by atoms with van der Waals surface area (Å²) in [5, 5.41) is 9.75. The van der Waals surface area contributed by atoms with Crippen molar-refractivity contribution < 1.29 is 14.3 Å². The van der Waals surface area contributed by atoms with Crippen molar-refractivity contribution in [2.24, 2.45) is 0 Å². The Kier molecular flexibility index (Phi) is 3.74. The fraction of sp³-hybridized carbons (Fsp3) is 0.0556. The lowest BCUT2D eigenvalue weighted by atomic mass is 10.1. The van der Waals surface area contributed by atoms with E-state index in [0.29, 0.717) is 6.54 Å². The molecule has 0 fully saturated rings. The summed E-state index contributed by atoms with van der Waals surface area (Å²) in [6.07, 6.45) is 4.58. The first-order valence-corrected chi connectivity index (χ1v) is 6.87. The van der Waals surface area contributed by atoms with Crippen molar-refractivity contribution in [3.05, 3.63) is 77.7 Å². The van der Waals surface area contributed by atoms with Gasteiger partial charge in [-0.2, -0.15) is 0 Å². The van der Waals surface area contributed by atoms with Crippen molar-refractivity contribution in [3.8, 4) is 0 Å². The van der Waals surface area contributed by atoms with Crippen LogP contribution in [0, 0.1) is 5.82 Å². The molecule has 0 bridgehead atoms. The summed E-state index contributed by atoms with van der Waals surface area (Å²) in [6, 6.07) is 14.2. The minimum Gasteiger partial charge on any atom is -0.478 e. The highest BCUT2D eigenvalue weighted by Gasteiger charge is 2.07. The Bertz CT molecular complexity index is 864. The Hall–Kier alpha value is -2.88. The van der Waals surface area contributed by atoms with Crippen LogP contribution in [0.4, 0.5) is 4.39 Å². The summed E-state index contributed by atoms with van der Waals surface area (Å²) < 4.78 is 15.3.